The lowest BCUT2D eigenvalue weighted by Crippen LogP contribution is -2.45. The number of benzene rings is 1. The normalized spacial score (nSPS) is 15.0. The van der Waals surface area contributed by atoms with Crippen molar-refractivity contribution in [3.63, 3.8) is 0 Å². The van der Waals surface area contributed by atoms with E-state index in [1.807, 2.05) is 17.1 Å². The van der Waals surface area contributed by atoms with E-state index in [0.717, 1.165) is 38.4 Å². The summed E-state index contributed by atoms with van der Waals surface area (Å²) in [5.41, 5.74) is 3.78. The maximum Gasteiger partial charge on any atom is 0.286 e. The van der Waals surface area contributed by atoms with Gasteiger partial charge in [0, 0.05) is 37.1 Å². The first-order valence-corrected chi connectivity index (χ1v) is 9.29. The van der Waals surface area contributed by atoms with Gasteiger partial charge in [0.05, 0.1) is 0 Å². The number of amides is 1. The third-order valence-corrected chi connectivity index (χ3v) is 4.91. The second-order valence-corrected chi connectivity index (χ2v) is 6.88. The Morgan fingerprint density at radius 1 is 1.11 bits per heavy atom. The van der Waals surface area contributed by atoms with Gasteiger partial charge >= 0.3 is 0 Å². The van der Waals surface area contributed by atoms with Crippen molar-refractivity contribution < 1.29 is 13.6 Å². The van der Waals surface area contributed by atoms with Crippen LogP contribution in [0, 0.1) is 18.6 Å². The summed E-state index contributed by atoms with van der Waals surface area (Å²) in [4.78, 5) is 12.8. The smallest absolute Gasteiger partial charge is 0.286 e. The number of carbonyl (C=O) groups is 1. The molecule has 2 aromatic heterocycles. The van der Waals surface area contributed by atoms with Crippen LogP contribution in [0.5, 0.6) is 0 Å². The summed E-state index contributed by atoms with van der Waals surface area (Å²) in [6.07, 6.45) is 6.79. The Morgan fingerprint density at radius 2 is 1.82 bits per heavy atom. The Labute approximate surface area is 161 Å². The van der Waals surface area contributed by atoms with E-state index in [1.54, 1.807) is 23.9 Å². The highest BCUT2D eigenvalue weighted by Gasteiger charge is 2.25. The van der Waals surface area contributed by atoms with Gasteiger partial charge in [-0.15, -0.1) is 0 Å². The monoisotopic (exact) mass is 385 g/mol. The van der Waals surface area contributed by atoms with Crippen LogP contribution in [0.25, 0.3) is 11.5 Å². The molecule has 1 fully saturated rings. The minimum atomic E-state index is -0.751. The maximum absolute atomic E-state index is 14.5. The Bertz CT molecular complexity index is 990. The highest BCUT2D eigenvalue weighted by Crippen LogP contribution is 2.24. The number of hydrogen-bond acceptors (Lipinski definition) is 3. The molecule has 8 heteroatoms. The zero-order valence-electron chi connectivity index (χ0n) is 15.5. The number of piperidine rings is 1. The van der Waals surface area contributed by atoms with Gasteiger partial charge in [0.25, 0.3) is 5.91 Å². The molecule has 0 spiro atoms. The Morgan fingerprint density at radius 3 is 2.50 bits per heavy atom. The maximum atomic E-state index is 14.5. The van der Waals surface area contributed by atoms with Gasteiger partial charge in [-0.05, 0) is 44.0 Å². The van der Waals surface area contributed by atoms with Crippen molar-refractivity contribution in [1.82, 2.24) is 24.8 Å². The van der Waals surface area contributed by atoms with Crippen LogP contribution in [-0.4, -0.2) is 38.4 Å². The molecule has 0 saturated carbocycles. The fourth-order valence-corrected chi connectivity index (χ4v) is 3.50. The summed E-state index contributed by atoms with van der Waals surface area (Å²) in [5.74, 6) is -1.23. The summed E-state index contributed by atoms with van der Waals surface area (Å²) >= 11 is 0. The average molecular weight is 385 g/mol. The number of hydrazine groups is 1. The molecule has 1 aliphatic rings. The first-order valence-electron chi connectivity index (χ1n) is 9.29. The van der Waals surface area contributed by atoms with E-state index in [9.17, 15) is 13.6 Å². The van der Waals surface area contributed by atoms with Crippen molar-refractivity contribution in [2.24, 2.45) is 0 Å². The van der Waals surface area contributed by atoms with Gasteiger partial charge in [-0.3, -0.25) is 10.2 Å². The topological polar surface area (TPSA) is 55.1 Å². The van der Waals surface area contributed by atoms with Crippen LogP contribution in [0.4, 0.5) is 8.78 Å². The number of halogens is 2. The van der Waals surface area contributed by atoms with Crippen LogP contribution < -0.4 is 5.43 Å². The van der Waals surface area contributed by atoms with E-state index in [-0.39, 0.29) is 17.3 Å². The highest BCUT2D eigenvalue weighted by molar-refractivity contribution is 5.94. The number of nitrogens with one attached hydrogen (secondary N) is 1. The van der Waals surface area contributed by atoms with Gasteiger partial charge in [0.1, 0.15) is 17.3 Å². The van der Waals surface area contributed by atoms with E-state index < -0.39 is 11.6 Å². The van der Waals surface area contributed by atoms with Gasteiger partial charge in [0.15, 0.2) is 11.5 Å². The molecule has 1 aliphatic heterocycles. The Hall–Kier alpha value is -3.00. The van der Waals surface area contributed by atoms with Crippen molar-refractivity contribution in [1.29, 1.82) is 0 Å². The van der Waals surface area contributed by atoms with E-state index in [2.05, 4.69) is 10.5 Å². The minimum Gasteiger partial charge on any atom is -0.308 e. The molecule has 0 atom stereocenters. The number of rotatable bonds is 4. The quantitative estimate of drug-likeness (QED) is 0.749. The lowest BCUT2D eigenvalue weighted by molar-refractivity contribution is 0.0743. The zero-order chi connectivity index (χ0) is 19.7. The molecule has 1 saturated heterocycles. The Balaban J connectivity index is 1.77. The van der Waals surface area contributed by atoms with Gasteiger partial charge in [-0.1, -0.05) is 6.42 Å². The van der Waals surface area contributed by atoms with Crippen LogP contribution in [0.2, 0.25) is 0 Å². The van der Waals surface area contributed by atoms with Crippen molar-refractivity contribution in [3.05, 3.63) is 65.6 Å². The number of hydrogen-bond donors (Lipinski definition) is 1. The number of carbonyl (C=O) groups excluding carboxylic acids is 1. The molecule has 0 radical (unpaired) electrons. The van der Waals surface area contributed by atoms with Crippen molar-refractivity contribution in [3.8, 4) is 11.5 Å². The molecule has 3 aromatic rings. The number of nitrogens with zero attached hydrogens (tertiary/aromatic N) is 4. The zero-order valence-corrected chi connectivity index (χ0v) is 15.5. The SMILES string of the molecule is Cc1c(C(=O)NN2CCCCC2)nn(-c2ccc(F)cc2F)c1-n1cccc1. The molecule has 0 aliphatic carbocycles. The van der Waals surface area contributed by atoms with Gasteiger partial charge < -0.3 is 4.57 Å². The second-order valence-electron chi connectivity index (χ2n) is 6.88. The van der Waals surface area contributed by atoms with Crippen LogP contribution in [0.1, 0.15) is 35.3 Å². The van der Waals surface area contributed by atoms with Crippen LogP contribution in [0.15, 0.2) is 42.7 Å². The van der Waals surface area contributed by atoms with Gasteiger partial charge in [-0.2, -0.15) is 5.10 Å². The minimum absolute atomic E-state index is 0.0743. The number of aromatic nitrogens is 3. The third-order valence-electron chi connectivity index (χ3n) is 4.91. The molecule has 3 heterocycles. The average Bonchev–Trinajstić information content (AvgIpc) is 3.30. The predicted octanol–water partition coefficient (Wildman–Crippen LogP) is 3.38. The molecule has 1 N–H and O–H groups in total. The van der Waals surface area contributed by atoms with Crippen molar-refractivity contribution in [2.75, 3.05) is 13.1 Å². The lowest BCUT2D eigenvalue weighted by atomic mass is 10.2. The first kappa shape index (κ1) is 18.4. The van der Waals surface area contributed by atoms with E-state index in [0.29, 0.717) is 11.4 Å². The molecule has 1 aromatic carbocycles. The molecule has 28 heavy (non-hydrogen) atoms. The second kappa shape index (κ2) is 7.55. The summed E-state index contributed by atoms with van der Waals surface area (Å²) in [6, 6.07) is 6.94. The first-order chi connectivity index (χ1) is 13.5. The van der Waals surface area contributed by atoms with Gasteiger partial charge in [0.2, 0.25) is 0 Å². The highest BCUT2D eigenvalue weighted by atomic mass is 19.1. The molecule has 146 valence electrons. The van der Waals surface area contributed by atoms with Crippen LogP contribution >= 0.6 is 0 Å². The van der Waals surface area contributed by atoms with E-state index in [1.165, 1.54) is 16.8 Å². The summed E-state index contributed by atoms with van der Waals surface area (Å²) in [6.45, 7) is 3.36. The molecule has 0 bridgehead atoms. The lowest BCUT2D eigenvalue weighted by Gasteiger charge is -2.26. The third kappa shape index (κ3) is 3.43. The fraction of sp³-hybridized carbons (Fsp3) is 0.300. The summed E-state index contributed by atoms with van der Waals surface area (Å²) < 4.78 is 30.9. The predicted molar refractivity (Wildman–Crippen MR) is 100 cm³/mol. The molecule has 4 rings (SSSR count). The standard InChI is InChI=1S/C20H21F2N5O/c1-14-18(19(28)24-26-11-3-2-4-12-26)23-27(20(14)25-9-5-6-10-25)17-8-7-15(21)13-16(17)22/h5-10,13H,2-4,11-12H2,1H3,(H,24,28). The Kier molecular flexibility index (Phi) is 4.95. The molecule has 6 nitrogen and oxygen atoms in total. The van der Waals surface area contributed by atoms with E-state index >= 15 is 0 Å². The van der Waals surface area contributed by atoms with Crippen LogP contribution in [0.3, 0.4) is 0 Å². The molecular weight excluding hydrogens is 364 g/mol. The van der Waals surface area contributed by atoms with Crippen molar-refractivity contribution >= 4 is 5.91 Å². The van der Waals surface area contributed by atoms with Crippen LogP contribution in [-0.2, 0) is 0 Å². The molecular formula is C20H21F2N5O. The summed E-state index contributed by atoms with van der Waals surface area (Å²) in [7, 11) is 0. The summed E-state index contributed by atoms with van der Waals surface area (Å²) in [5, 5.41) is 6.27. The molecule has 1 amide bonds. The van der Waals surface area contributed by atoms with Gasteiger partial charge in [-0.25, -0.2) is 18.5 Å². The fourth-order valence-electron chi connectivity index (χ4n) is 3.50. The molecule has 0 unspecified atom stereocenters. The van der Waals surface area contributed by atoms with Crippen molar-refractivity contribution in [2.45, 2.75) is 26.2 Å². The van der Waals surface area contributed by atoms with E-state index in [4.69, 9.17) is 0 Å². The largest absolute Gasteiger partial charge is 0.308 e.